The van der Waals surface area contributed by atoms with Crippen molar-refractivity contribution in [1.29, 1.82) is 0 Å². The fourth-order valence-electron chi connectivity index (χ4n) is 3.01. The van der Waals surface area contributed by atoms with E-state index in [1.54, 1.807) is 11.8 Å². The Morgan fingerprint density at radius 3 is 2.46 bits per heavy atom. The summed E-state index contributed by atoms with van der Waals surface area (Å²) in [5.74, 6) is -0.0754. The summed E-state index contributed by atoms with van der Waals surface area (Å²) in [7, 11) is 0. The van der Waals surface area contributed by atoms with Gasteiger partial charge in [0.15, 0.2) is 0 Å². The van der Waals surface area contributed by atoms with Crippen LogP contribution in [-0.4, -0.2) is 56.6 Å². The first-order valence-electron chi connectivity index (χ1n) is 8.35. The first kappa shape index (κ1) is 18.3. The topological polar surface area (TPSA) is 84.5 Å². The highest BCUT2D eigenvalue weighted by atomic mass is 35.5. The number of carbonyl (C=O) groups excluding carboxylic acids is 1. The highest BCUT2D eigenvalue weighted by molar-refractivity contribution is 6.30. The van der Waals surface area contributed by atoms with E-state index >= 15 is 0 Å². The maximum Gasteiger partial charge on any atom is 0.309 e. The lowest BCUT2D eigenvalue weighted by molar-refractivity contribution is -0.385. The lowest BCUT2D eigenvalue weighted by Crippen LogP contribution is -2.49. The van der Waals surface area contributed by atoms with E-state index in [-0.39, 0.29) is 18.1 Å². The molecule has 0 aliphatic carbocycles. The molecule has 0 spiro atoms. The molecular weight excluding hydrogens is 358 g/mol. The van der Waals surface area contributed by atoms with Gasteiger partial charge in [-0.15, -0.1) is 0 Å². The van der Waals surface area contributed by atoms with Crippen molar-refractivity contribution in [3.05, 3.63) is 56.9 Å². The molecule has 1 saturated heterocycles. The van der Waals surface area contributed by atoms with E-state index in [9.17, 15) is 14.9 Å². The Kier molecular flexibility index (Phi) is 5.53. The van der Waals surface area contributed by atoms with Crippen molar-refractivity contribution >= 4 is 23.2 Å². The molecule has 0 unspecified atom stereocenters. The lowest BCUT2D eigenvalue weighted by Gasteiger charge is -2.34. The Labute approximate surface area is 156 Å². The van der Waals surface area contributed by atoms with Crippen molar-refractivity contribution in [3.63, 3.8) is 0 Å². The normalized spacial score (nSPS) is 15.2. The molecule has 8 nitrogen and oxygen atoms in total. The number of halogens is 1. The molecule has 1 fully saturated rings. The van der Waals surface area contributed by atoms with Gasteiger partial charge in [-0.1, -0.05) is 23.7 Å². The minimum absolute atomic E-state index is 0.0197. The van der Waals surface area contributed by atoms with E-state index in [4.69, 9.17) is 11.6 Å². The molecule has 2 aromatic rings. The van der Waals surface area contributed by atoms with E-state index in [1.165, 1.54) is 16.4 Å². The number of aryl methyl sites for hydroxylation is 1. The number of piperazine rings is 1. The van der Waals surface area contributed by atoms with Gasteiger partial charge in [0.2, 0.25) is 5.91 Å². The fourth-order valence-corrected chi connectivity index (χ4v) is 3.14. The molecule has 0 saturated carbocycles. The number of carbonyl (C=O) groups is 1. The SMILES string of the molecule is Cc1nn(CC(=O)N2CCN(Cc3ccc(Cl)cc3)CC2)cc1[N+](=O)[O-]. The molecule has 1 aromatic heterocycles. The molecule has 1 aliphatic heterocycles. The van der Waals surface area contributed by atoms with Crippen LogP contribution < -0.4 is 0 Å². The predicted molar refractivity (Wildman–Crippen MR) is 96.9 cm³/mol. The second-order valence-electron chi connectivity index (χ2n) is 6.34. The molecule has 0 bridgehead atoms. The maximum atomic E-state index is 12.4. The summed E-state index contributed by atoms with van der Waals surface area (Å²) in [6.45, 7) is 5.24. The number of nitro groups is 1. The molecule has 0 atom stereocenters. The van der Waals surface area contributed by atoms with E-state index in [0.717, 1.165) is 24.7 Å². The molecule has 0 radical (unpaired) electrons. The van der Waals surface area contributed by atoms with Crippen LogP contribution >= 0.6 is 11.6 Å². The van der Waals surface area contributed by atoms with Crippen LogP contribution in [0.4, 0.5) is 5.69 Å². The van der Waals surface area contributed by atoms with E-state index in [0.29, 0.717) is 18.8 Å². The van der Waals surface area contributed by atoms with Crippen LogP contribution in [0.1, 0.15) is 11.3 Å². The summed E-state index contributed by atoms with van der Waals surface area (Å²) in [5.41, 5.74) is 1.44. The van der Waals surface area contributed by atoms with Crippen molar-refractivity contribution in [2.75, 3.05) is 26.2 Å². The number of amides is 1. The van der Waals surface area contributed by atoms with Crippen molar-refractivity contribution in [3.8, 4) is 0 Å². The number of nitrogens with zero attached hydrogens (tertiary/aromatic N) is 5. The van der Waals surface area contributed by atoms with Gasteiger partial charge in [-0.05, 0) is 24.6 Å². The quantitative estimate of drug-likeness (QED) is 0.588. The zero-order valence-electron chi connectivity index (χ0n) is 14.5. The van der Waals surface area contributed by atoms with Gasteiger partial charge in [0.1, 0.15) is 18.4 Å². The second kappa shape index (κ2) is 7.84. The van der Waals surface area contributed by atoms with Gasteiger partial charge in [-0.25, -0.2) is 0 Å². The Balaban J connectivity index is 1.51. The third-order valence-corrected chi connectivity index (χ3v) is 4.71. The van der Waals surface area contributed by atoms with Crippen LogP contribution in [0.3, 0.4) is 0 Å². The summed E-state index contributed by atoms with van der Waals surface area (Å²) in [6, 6.07) is 7.77. The number of hydrogen-bond acceptors (Lipinski definition) is 5. The third kappa shape index (κ3) is 4.39. The molecule has 26 heavy (non-hydrogen) atoms. The van der Waals surface area contributed by atoms with Gasteiger partial charge in [0.05, 0.1) is 4.92 Å². The first-order valence-corrected chi connectivity index (χ1v) is 8.73. The zero-order chi connectivity index (χ0) is 18.7. The molecule has 1 amide bonds. The van der Waals surface area contributed by atoms with Crippen LogP contribution in [-0.2, 0) is 17.9 Å². The average molecular weight is 378 g/mol. The Morgan fingerprint density at radius 2 is 1.88 bits per heavy atom. The van der Waals surface area contributed by atoms with Crippen molar-refractivity contribution in [2.24, 2.45) is 0 Å². The summed E-state index contributed by atoms with van der Waals surface area (Å²) < 4.78 is 1.34. The van der Waals surface area contributed by atoms with Crippen LogP contribution in [0, 0.1) is 17.0 Å². The lowest BCUT2D eigenvalue weighted by atomic mass is 10.2. The minimum atomic E-state index is -0.487. The van der Waals surface area contributed by atoms with Gasteiger partial charge in [0.25, 0.3) is 0 Å². The summed E-state index contributed by atoms with van der Waals surface area (Å²) in [6.07, 6.45) is 1.31. The highest BCUT2D eigenvalue weighted by Crippen LogP contribution is 2.16. The molecular formula is C17H20ClN5O3. The Bertz CT molecular complexity index is 797. The molecule has 2 heterocycles. The van der Waals surface area contributed by atoms with Crippen LogP contribution in [0.25, 0.3) is 0 Å². The summed E-state index contributed by atoms with van der Waals surface area (Å²) >= 11 is 5.90. The van der Waals surface area contributed by atoms with Crippen molar-refractivity contribution in [2.45, 2.75) is 20.0 Å². The third-order valence-electron chi connectivity index (χ3n) is 4.46. The Hall–Kier alpha value is -2.45. The fraction of sp³-hybridized carbons (Fsp3) is 0.412. The first-order chi connectivity index (χ1) is 12.4. The van der Waals surface area contributed by atoms with Gasteiger partial charge in [-0.2, -0.15) is 5.10 Å². The van der Waals surface area contributed by atoms with Gasteiger partial charge in [-0.3, -0.25) is 24.5 Å². The molecule has 1 aromatic carbocycles. The monoisotopic (exact) mass is 377 g/mol. The number of hydrogen-bond donors (Lipinski definition) is 0. The van der Waals surface area contributed by atoms with Crippen molar-refractivity contribution < 1.29 is 9.72 Å². The minimum Gasteiger partial charge on any atom is -0.339 e. The predicted octanol–water partition coefficient (Wildman–Crippen LogP) is 2.10. The van der Waals surface area contributed by atoms with Crippen LogP contribution in [0.5, 0.6) is 0 Å². The number of aromatic nitrogens is 2. The van der Waals surface area contributed by atoms with E-state index in [2.05, 4.69) is 10.00 Å². The molecule has 0 N–H and O–H groups in total. The van der Waals surface area contributed by atoms with E-state index < -0.39 is 4.92 Å². The Morgan fingerprint density at radius 1 is 1.23 bits per heavy atom. The second-order valence-corrected chi connectivity index (χ2v) is 6.77. The van der Waals surface area contributed by atoms with Gasteiger partial charge >= 0.3 is 5.69 Å². The molecule has 9 heteroatoms. The van der Waals surface area contributed by atoms with Crippen LogP contribution in [0.2, 0.25) is 5.02 Å². The van der Waals surface area contributed by atoms with Gasteiger partial charge < -0.3 is 4.90 Å². The standard InChI is InChI=1S/C17H20ClN5O3/c1-13-16(23(25)26)11-22(19-13)12-17(24)21-8-6-20(7-9-21)10-14-2-4-15(18)5-3-14/h2-5,11H,6-10,12H2,1H3. The number of benzene rings is 1. The van der Waals surface area contributed by atoms with Gasteiger partial charge in [0, 0.05) is 37.7 Å². The average Bonchev–Trinajstić information content (AvgIpc) is 2.98. The molecule has 1 aliphatic rings. The smallest absolute Gasteiger partial charge is 0.309 e. The largest absolute Gasteiger partial charge is 0.339 e. The maximum absolute atomic E-state index is 12.4. The zero-order valence-corrected chi connectivity index (χ0v) is 15.2. The van der Waals surface area contributed by atoms with Crippen LogP contribution in [0.15, 0.2) is 30.5 Å². The highest BCUT2D eigenvalue weighted by Gasteiger charge is 2.23. The van der Waals surface area contributed by atoms with E-state index in [1.807, 2.05) is 24.3 Å². The molecule has 3 rings (SSSR count). The summed E-state index contributed by atoms with van der Waals surface area (Å²) in [4.78, 5) is 26.9. The van der Waals surface area contributed by atoms with Crippen molar-refractivity contribution in [1.82, 2.24) is 19.6 Å². The summed E-state index contributed by atoms with van der Waals surface area (Å²) in [5, 5.41) is 15.6. The molecule has 138 valence electrons. The number of rotatable bonds is 5.